The topological polar surface area (TPSA) is 118 Å². The summed E-state index contributed by atoms with van der Waals surface area (Å²) in [5.41, 5.74) is 3.38. The van der Waals surface area contributed by atoms with Crippen molar-refractivity contribution < 1.29 is 28.2 Å². The summed E-state index contributed by atoms with van der Waals surface area (Å²) in [5, 5.41) is 8.80. The standard InChI is InChI=1S/C24H20BrFN4O5/c1-34-20-9-7-18(8-10-20)28-22(31)14-35-21-11-2-16(25)12-15(21)13-27-30-24(33)23(32)29-19-5-3-17(26)4-6-19/h2-13H,14H2,1H3,(H,28,31)(H,29,32)(H,30,33)/b27-13-. The van der Waals surface area contributed by atoms with Crippen molar-refractivity contribution in [1.29, 1.82) is 0 Å². The Morgan fingerprint density at radius 2 is 1.60 bits per heavy atom. The molecule has 0 aliphatic heterocycles. The van der Waals surface area contributed by atoms with Gasteiger partial charge in [-0.15, -0.1) is 0 Å². The van der Waals surface area contributed by atoms with Crippen LogP contribution in [0.2, 0.25) is 0 Å². The normalized spacial score (nSPS) is 10.5. The maximum atomic E-state index is 12.9. The van der Waals surface area contributed by atoms with Crippen molar-refractivity contribution in [3.63, 3.8) is 0 Å². The van der Waals surface area contributed by atoms with Crippen LogP contribution in [0.3, 0.4) is 0 Å². The number of hydrazone groups is 1. The Labute approximate surface area is 208 Å². The van der Waals surface area contributed by atoms with E-state index < -0.39 is 17.6 Å². The van der Waals surface area contributed by atoms with E-state index in [1.54, 1.807) is 49.6 Å². The van der Waals surface area contributed by atoms with E-state index in [4.69, 9.17) is 9.47 Å². The summed E-state index contributed by atoms with van der Waals surface area (Å²) in [5.74, 6) is -1.87. The van der Waals surface area contributed by atoms with Crippen LogP contribution < -0.4 is 25.5 Å². The van der Waals surface area contributed by atoms with E-state index in [1.165, 1.54) is 18.3 Å². The van der Waals surface area contributed by atoms with Gasteiger partial charge in [-0.1, -0.05) is 15.9 Å². The molecule has 0 atom stereocenters. The Kier molecular flexibility index (Phi) is 8.90. The van der Waals surface area contributed by atoms with E-state index in [0.717, 1.165) is 12.1 Å². The fourth-order valence-corrected chi connectivity index (χ4v) is 3.08. The number of amides is 3. The van der Waals surface area contributed by atoms with Crippen LogP contribution in [0.5, 0.6) is 11.5 Å². The predicted molar refractivity (Wildman–Crippen MR) is 132 cm³/mol. The van der Waals surface area contributed by atoms with Gasteiger partial charge in [0.25, 0.3) is 5.91 Å². The number of carbonyl (C=O) groups is 3. The first-order chi connectivity index (χ1) is 16.8. The third-order valence-corrected chi connectivity index (χ3v) is 4.88. The molecule has 0 aromatic heterocycles. The van der Waals surface area contributed by atoms with Crippen LogP contribution >= 0.6 is 15.9 Å². The fourth-order valence-electron chi connectivity index (χ4n) is 2.70. The highest BCUT2D eigenvalue weighted by Crippen LogP contribution is 2.22. The molecule has 11 heteroatoms. The van der Waals surface area contributed by atoms with Gasteiger partial charge in [0.1, 0.15) is 17.3 Å². The van der Waals surface area contributed by atoms with E-state index in [1.807, 2.05) is 0 Å². The molecule has 3 rings (SSSR count). The Bertz CT molecular complexity index is 1230. The molecule has 0 bridgehead atoms. The summed E-state index contributed by atoms with van der Waals surface area (Å²) >= 11 is 3.33. The molecule has 35 heavy (non-hydrogen) atoms. The zero-order valence-electron chi connectivity index (χ0n) is 18.4. The van der Waals surface area contributed by atoms with Gasteiger partial charge in [0.15, 0.2) is 6.61 Å². The Morgan fingerprint density at radius 3 is 2.29 bits per heavy atom. The largest absolute Gasteiger partial charge is 0.497 e. The van der Waals surface area contributed by atoms with Gasteiger partial charge in [-0.25, -0.2) is 9.82 Å². The monoisotopic (exact) mass is 542 g/mol. The number of halogens is 2. The maximum absolute atomic E-state index is 12.9. The van der Waals surface area contributed by atoms with Gasteiger partial charge >= 0.3 is 11.8 Å². The molecule has 0 radical (unpaired) electrons. The summed E-state index contributed by atoms with van der Waals surface area (Å²) in [6, 6.07) is 16.8. The Hall–Kier alpha value is -4.25. The molecule has 9 nitrogen and oxygen atoms in total. The molecule has 0 heterocycles. The predicted octanol–water partition coefficient (Wildman–Crippen LogP) is 3.70. The number of nitrogens with one attached hydrogen (secondary N) is 3. The smallest absolute Gasteiger partial charge is 0.329 e. The molecule has 3 aromatic rings. The lowest BCUT2D eigenvalue weighted by Crippen LogP contribution is -2.32. The first-order valence-electron chi connectivity index (χ1n) is 10.1. The molecule has 0 spiro atoms. The number of methoxy groups -OCH3 is 1. The van der Waals surface area contributed by atoms with Crippen LogP contribution in [0, 0.1) is 5.82 Å². The van der Waals surface area contributed by atoms with Gasteiger partial charge < -0.3 is 20.1 Å². The quantitative estimate of drug-likeness (QED) is 0.228. The van der Waals surface area contributed by atoms with Gasteiger partial charge in [0.05, 0.1) is 13.3 Å². The second-order valence-electron chi connectivity index (χ2n) is 6.91. The van der Waals surface area contributed by atoms with E-state index in [9.17, 15) is 18.8 Å². The highest BCUT2D eigenvalue weighted by molar-refractivity contribution is 9.10. The van der Waals surface area contributed by atoms with Crippen molar-refractivity contribution in [3.8, 4) is 11.5 Å². The van der Waals surface area contributed by atoms with Crippen LogP contribution in [-0.4, -0.2) is 37.7 Å². The molecule has 3 amide bonds. The zero-order chi connectivity index (χ0) is 25.2. The molecule has 0 aliphatic rings. The first kappa shape index (κ1) is 25.4. The molecule has 0 saturated carbocycles. The average Bonchev–Trinajstić information content (AvgIpc) is 2.85. The van der Waals surface area contributed by atoms with Crippen molar-refractivity contribution in [2.45, 2.75) is 0 Å². The van der Waals surface area contributed by atoms with Crippen molar-refractivity contribution in [3.05, 3.63) is 82.6 Å². The van der Waals surface area contributed by atoms with Gasteiger partial charge in [-0.05, 0) is 66.7 Å². The van der Waals surface area contributed by atoms with E-state index in [0.29, 0.717) is 27.2 Å². The molecule has 180 valence electrons. The van der Waals surface area contributed by atoms with Crippen LogP contribution in [0.4, 0.5) is 15.8 Å². The average molecular weight is 543 g/mol. The second-order valence-corrected chi connectivity index (χ2v) is 7.82. The zero-order valence-corrected chi connectivity index (χ0v) is 20.0. The third kappa shape index (κ3) is 7.93. The first-order valence-corrected chi connectivity index (χ1v) is 10.9. The third-order valence-electron chi connectivity index (χ3n) is 4.38. The van der Waals surface area contributed by atoms with E-state index >= 15 is 0 Å². The molecular formula is C24H20BrFN4O5. The number of anilines is 2. The molecule has 0 saturated heterocycles. The van der Waals surface area contributed by atoms with Gasteiger partial charge in [-0.3, -0.25) is 14.4 Å². The number of rotatable bonds is 8. The SMILES string of the molecule is COc1ccc(NC(=O)COc2ccc(Br)cc2/C=N\NC(=O)C(=O)Nc2ccc(F)cc2)cc1. The minimum Gasteiger partial charge on any atom is -0.497 e. The van der Waals surface area contributed by atoms with Crippen LogP contribution in [0.15, 0.2) is 76.3 Å². The van der Waals surface area contributed by atoms with Crippen LogP contribution in [0.1, 0.15) is 5.56 Å². The van der Waals surface area contributed by atoms with E-state index in [2.05, 4.69) is 37.1 Å². The highest BCUT2D eigenvalue weighted by Gasteiger charge is 2.13. The number of benzene rings is 3. The number of hydrogen-bond acceptors (Lipinski definition) is 6. The number of ether oxygens (including phenoxy) is 2. The lowest BCUT2D eigenvalue weighted by Gasteiger charge is -2.10. The van der Waals surface area contributed by atoms with E-state index in [-0.39, 0.29) is 18.2 Å². The molecule has 0 unspecified atom stereocenters. The van der Waals surface area contributed by atoms with Crippen molar-refractivity contribution in [2.24, 2.45) is 5.10 Å². The highest BCUT2D eigenvalue weighted by atomic mass is 79.9. The number of carbonyl (C=O) groups excluding carboxylic acids is 3. The van der Waals surface area contributed by atoms with Gasteiger partial charge in [0.2, 0.25) is 0 Å². The molecule has 3 N–H and O–H groups in total. The number of nitrogens with zero attached hydrogens (tertiary/aromatic N) is 1. The number of hydrogen-bond donors (Lipinski definition) is 3. The van der Waals surface area contributed by atoms with Crippen LogP contribution in [-0.2, 0) is 14.4 Å². The van der Waals surface area contributed by atoms with Crippen molar-refractivity contribution in [1.82, 2.24) is 5.43 Å². The lowest BCUT2D eigenvalue weighted by atomic mass is 10.2. The summed E-state index contributed by atoms with van der Waals surface area (Å²) in [7, 11) is 1.55. The van der Waals surface area contributed by atoms with Crippen molar-refractivity contribution >= 4 is 51.2 Å². The minimum absolute atomic E-state index is 0.256. The molecule has 3 aromatic carbocycles. The van der Waals surface area contributed by atoms with Gasteiger partial charge in [0, 0.05) is 21.4 Å². The minimum atomic E-state index is -1.03. The van der Waals surface area contributed by atoms with Crippen molar-refractivity contribution in [2.75, 3.05) is 24.4 Å². The summed E-state index contributed by atoms with van der Waals surface area (Å²) in [6.45, 7) is -0.277. The second kappa shape index (κ2) is 12.3. The fraction of sp³-hybridized carbons (Fsp3) is 0.0833. The Morgan fingerprint density at radius 1 is 0.943 bits per heavy atom. The molecular weight excluding hydrogens is 523 g/mol. The summed E-state index contributed by atoms with van der Waals surface area (Å²) in [4.78, 5) is 36.2. The molecule has 0 aliphatic carbocycles. The van der Waals surface area contributed by atoms with Crippen LogP contribution in [0.25, 0.3) is 0 Å². The lowest BCUT2D eigenvalue weighted by molar-refractivity contribution is -0.136. The summed E-state index contributed by atoms with van der Waals surface area (Å²) in [6.07, 6.45) is 1.27. The Balaban J connectivity index is 1.55. The van der Waals surface area contributed by atoms with Gasteiger partial charge in [-0.2, -0.15) is 5.10 Å². The molecule has 0 fully saturated rings. The summed E-state index contributed by atoms with van der Waals surface area (Å²) < 4.78 is 24.3. The maximum Gasteiger partial charge on any atom is 0.329 e.